The van der Waals surface area contributed by atoms with Crippen LogP contribution in [-0.4, -0.2) is 19.5 Å². The van der Waals surface area contributed by atoms with Gasteiger partial charge in [0.2, 0.25) is 0 Å². The van der Waals surface area contributed by atoms with Gasteiger partial charge in [-0.2, -0.15) is 0 Å². The van der Waals surface area contributed by atoms with E-state index in [9.17, 15) is 0 Å². The Labute approximate surface area is 123 Å². The number of benzene rings is 1. The zero-order valence-electron chi connectivity index (χ0n) is 12.1. The largest absolute Gasteiger partial charge is 0.331 e. The van der Waals surface area contributed by atoms with E-state index in [4.69, 9.17) is 5.84 Å². The minimum Gasteiger partial charge on any atom is -0.331 e. The lowest BCUT2D eigenvalue weighted by molar-refractivity contribution is 0.505. The van der Waals surface area contributed by atoms with Gasteiger partial charge in [-0.1, -0.05) is 12.1 Å². The molecule has 0 saturated heterocycles. The predicted octanol–water partition coefficient (Wildman–Crippen LogP) is 1.42. The van der Waals surface area contributed by atoms with E-state index in [-0.39, 0.29) is 6.04 Å². The number of para-hydroxylation sites is 2. The molecule has 3 rings (SSSR count). The smallest absolute Gasteiger partial charge is 0.146 e. The molecule has 3 N–H and O–H groups in total. The molecule has 1 aromatic carbocycles. The molecular formula is C15H18N6. The summed E-state index contributed by atoms with van der Waals surface area (Å²) in [7, 11) is 2.01. The van der Waals surface area contributed by atoms with E-state index >= 15 is 0 Å². The predicted molar refractivity (Wildman–Crippen MR) is 81.3 cm³/mol. The summed E-state index contributed by atoms with van der Waals surface area (Å²) in [6.45, 7) is 1.96. The van der Waals surface area contributed by atoms with Crippen molar-refractivity contribution < 1.29 is 0 Å². The first-order valence-electron chi connectivity index (χ1n) is 6.84. The van der Waals surface area contributed by atoms with Crippen molar-refractivity contribution in [2.75, 3.05) is 0 Å². The van der Waals surface area contributed by atoms with Gasteiger partial charge in [0.1, 0.15) is 11.6 Å². The van der Waals surface area contributed by atoms with Gasteiger partial charge in [0, 0.05) is 25.9 Å². The van der Waals surface area contributed by atoms with Gasteiger partial charge in [-0.15, -0.1) is 0 Å². The van der Waals surface area contributed by atoms with Crippen LogP contribution < -0.4 is 11.3 Å². The molecule has 1 atom stereocenters. The fourth-order valence-corrected chi connectivity index (χ4v) is 2.37. The van der Waals surface area contributed by atoms with Crippen molar-refractivity contribution in [1.29, 1.82) is 0 Å². The first-order chi connectivity index (χ1) is 10.2. The normalized spacial score (nSPS) is 12.7. The molecule has 0 radical (unpaired) electrons. The molecule has 0 bridgehead atoms. The lowest BCUT2D eigenvalue weighted by Crippen LogP contribution is -2.31. The highest BCUT2D eigenvalue weighted by molar-refractivity contribution is 5.75. The highest BCUT2D eigenvalue weighted by Gasteiger charge is 2.17. The maximum absolute atomic E-state index is 5.67. The van der Waals surface area contributed by atoms with Crippen molar-refractivity contribution in [1.82, 2.24) is 24.9 Å². The van der Waals surface area contributed by atoms with E-state index in [0.717, 1.165) is 22.4 Å². The third kappa shape index (κ3) is 2.63. The van der Waals surface area contributed by atoms with Crippen LogP contribution in [0.4, 0.5) is 0 Å². The second-order valence-corrected chi connectivity index (χ2v) is 5.12. The quantitative estimate of drug-likeness (QED) is 0.558. The molecule has 0 aliphatic heterocycles. The number of hydrogen-bond acceptors (Lipinski definition) is 5. The van der Waals surface area contributed by atoms with E-state index in [0.29, 0.717) is 12.2 Å². The van der Waals surface area contributed by atoms with Gasteiger partial charge < -0.3 is 4.57 Å². The maximum Gasteiger partial charge on any atom is 0.146 e. The molecule has 0 saturated carbocycles. The van der Waals surface area contributed by atoms with Gasteiger partial charge in [0.25, 0.3) is 0 Å². The molecule has 2 heterocycles. The maximum atomic E-state index is 5.67. The molecule has 6 heteroatoms. The first-order valence-corrected chi connectivity index (χ1v) is 6.84. The van der Waals surface area contributed by atoms with Crippen molar-refractivity contribution in [3.8, 4) is 0 Å². The fourth-order valence-electron chi connectivity index (χ4n) is 2.37. The van der Waals surface area contributed by atoms with E-state index < -0.39 is 0 Å². The van der Waals surface area contributed by atoms with Crippen LogP contribution in [0.1, 0.15) is 23.3 Å². The average Bonchev–Trinajstić information content (AvgIpc) is 2.83. The Hall–Kier alpha value is -2.31. The molecule has 0 amide bonds. The minimum atomic E-state index is -0.166. The molecule has 2 aromatic heterocycles. The second-order valence-electron chi connectivity index (χ2n) is 5.12. The molecule has 0 spiro atoms. The average molecular weight is 282 g/mol. The molecule has 3 aromatic rings. The van der Waals surface area contributed by atoms with Crippen LogP contribution >= 0.6 is 0 Å². The third-order valence-corrected chi connectivity index (χ3v) is 3.58. The van der Waals surface area contributed by atoms with Gasteiger partial charge in [-0.25, -0.2) is 20.4 Å². The van der Waals surface area contributed by atoms with Crippen molar-refractivity contribution in [3.05, 3.63) is 53.9 Å². The summed E-state index contributed by atoms with van der Waals surface area (Å²) in [5.74, 6) is 7.29. The zero-order chi connectivity index (χ0) is 14.8. The van der Waals surface area contributed by atoms with Crippen LogP contribution in [0.3, 0.4) is 0 Å². The van der Waals surface area contributed by atoms with E-state index in [2.05, 4.69) is 31.0 Å². The Kier molecular flexibility index (Phi) is 3.64. The number of nitrogens with two attached hydrogens (primary N) is 1. The second kappa shape index (κ2) is 5.59. The number of fused-ring (bicyclic) bond motifs is 1. The Morgan fingerprint density at radius 2 is 1.95 bits per heavy atom. The van der Waals surface area contributed by atoms with E-state index in [1.54, 1.807) is 12.4 Å². The number of rotatable bonds is 4. The van der Waals surface area contributed by atoms with Gasteiger partial charge >= 0.3 is 0 Å². The Balaban J connectivity index is 1.92. The number of aryl methyl sites for hydroxylation is 2. The summed E-state index contributed by atoms with van der Waals surface area (Å²) in [4.78, 5) is 13.3. The number of aromatic nitrogens is 4. The Morgan fingerprint density at radius 3 is 2.62 bits per heavy atom. The van der Waals surface area contributed by atoms with Crippen LogP contribution in [0, 0.1) is 6.92 Å². The molecular weight excluding hydrogens is 264 g/mol. The fraction of sp³-hybridized carbons (Fsp3) is 0.267. The molecule has 21 heavy (non-hydrogen) atoms. The molecule has 0 aliphatic carbocycles. The summed E-state index contributed by atoms with van der Waals surface area (Å²) < 4.78 is 2.08. The summed E-state index contributed by atoms with van der Waals surface area (Å²) in [5.41, 5.74) is 5.89. The van der Waals surface area contributed by atoms with Crippen molar-refractivity contribution >= 4 is 11.0 Å². The van der Waals surface area contributed by atoms with E-state index in [1.165, 1.54) is 0 Å². The van der Waals surface area contributed by atoms with Gasteiger partial charge in [0.15, 0.2) is 0 Å². The monoisotopic (exact) mass is 282 g/mol. The van der Waals surface area contributed by atoms with Crippen LogP contribution in [-0.2, 0) is 13.5 Å². The SMILES string of the molecule is Cc1cnc(C(Cc2nc3ccccc3n2C)NN)nc1. The van der Waals surface area contributed by atoms with Crippen molar-refractivity contribution in [2.24, 2.45) is 12.9 Å². The van der Waals surface area contributed by atoms with Crippen LogP contribution in [0.25, 0.3) is 11.0 Å². The summed E-state index contributed by atoms with van der Waals surface area (Å²) in [5, 5.41) is 0. The van der Waals surface area contributed by atoms with Gasteiger partial charge in [0.05, 0.1) is 17.1 Å². The van der Waals surface area contributed by atoms with Gasteiger partial charge in [-0.05, 0) is 24.6 Å². The van der Waals surface area contributed by atoms with Gasteiger partial charge in [-0.3, -0.25) is 5.84 Å². The van der Waals surface area contributed by atoms with Crippen LogP contribution in [0.2, 0.25) is 0 Å². The third-order valence-electron chi connectivity index (χ3n) is 3.58. The minimum absolute atomic E-state index is 0.166. The van der Waals surface area contributed by atoms with E-state index in [1.807, 2.05) is 32.2 Å². The molecule has 1 unspecified atom stereocenters. The molecule has 108 valence electrons. The number of hydrogen-bond donors (Lipinski definition) is 2. The number of hydrazine groups is 1. The standard InChI is InChI=1S/C15H18N6/c1-10-8-17-15(18-9-10)12(20-16)7-14-19-11-5-3-4-6-13(11)21(14)2/h3-6,8-9,12,20H,7,16H2,1-2H3. The number of nitrogens with one attached hydrogen (secondary N) is 1. The Morgan fingerprint density at radius 1 is 1.24 bits per heavy atom. The van der Waals surface area contributed by atoms with Crippen molar-refractivity contribution in [2.45, 2.75) is 19.4 Å². The lowest BCUT2D eigenvalue weighted by Gasteiger charge is -2.14. The number of nitrogens with zero attached hydrogens (tertiary/aromatic N) is 4. The Bertz CT molecular complexity index is 746. The van der Waals surface area contributed by atoms with Crippen LogP contribution in [0.5, 0.6) is 0 Å². The summed E-state index contributed by atoms with van der Waals surface area (Å²) in [6, 6.07) is 7.89. The first kappa shape index (κ1) is 13.7. The molecule has 6 nitrogen and oxygen atoms in total. The highest BCUT2D eigenvalue weighted by Crippen LogP contribution is 2.19. The lowest BCUT2D eigenvalue weighted by atomic mass is 10.2. The summed E-state index contributed by atoms with van der Waals surface area (Å²) >= 11 is 0. The van der Waals surface area contributed by atoms with Crippen LogP contribution in [0.15, 0.2) is 36.7 Å². The number of imidazole rings is 1. The molecule has 0 aliphatic rings. The topological polar surface area (TPSA) is 81.7 Å². The summed E-state index contributed by atoms with van der Waals surface area (Å²) in [6.07, 6.45) is 4.22. The molecule has 0 fully saturated rings. The highest BCUT2D eigenvalue weighted by atomic mass is 15.3. The zero-order valence-corrected chi connectivity index (χ0v) is 12.1. The van der Waals surface area contributed by atoms with Crippen molar-refractivity contribution in [3.63, 3.8) is 0 Å².